The van der Waals surface area contributed by atoms with E-state index in [1.807, 2.05) is 32.9 Å². The van der Waals surface area contributed by atoms with Gasteiger partial charge in [-0.05, 0) is 71.1 Å². The van der Waals surface area contributed by atoms with E-state index < -0.39 is 5.60 Å². The first-order chi connectivity index (χ1) is 21.6. The van der Waals surface area contributed by atoms with Gasteiger partial charge in [0.05, 0.1) is 17.3 Å². The number of carbonyl (C=O) groups excluding carboxylic acids is 1. The largest absolute Gasteiger partial charge is 0.462 e. The number of likely N-dealkylation sites (N-methyl/N-ethyl adjacent to an activating group) is 1. The third-order valence-corrected chi connectivity index (χ3v) is 9.30. The number of likely N-dealkylation sites (tertiary alicyclic amines) is 1. The van der Waals surface area contributed by atoms with Gasteiger partial charge in [-0.2, -0.15) is 9.97 Å². The highest BCUT2D eigenvalue weighted by Crippen LogP contribution is 2.37. The molecule has 3 aromatic rings. The molecular formula is C34H42ClN7O3. The third kappa shape index (κ3) is 6.75. The SMILES string of the molecule is [C-]#[N+]C[C@H]1CN(c2nc(OC[C@@H]3CCCN3C)nc3c2CCN(c2cccc4cccc(Cl)c24)C3)CCN1C(=O)OC(C)(C)C. The van der Waals surface area contributed by atoms with Crippen molar-refractivity contribution in [1.29, 1.82) is 0 Å². The molecule has 2 saturated heterocycles. The molecular weight excluding hydrogens is 590 g/mol. The fraction of sp³-hybridized carbons (Fsp3) is 0.529. The zero-order valence-corrected chi connectivity index (χ0v) is 27.4. The molecule has 45 heavy (non-hydrogen) atoms. The number of amides is 1. The molecule has 1 amide bonds. The average molecular weight is 632 g/mol. The van der Waals surface area contributed by atoms with Crippen LogP contribution in [0.4, 0.5) is 16.3 Å². The summed E-state index contributed by atoms with van der Waals surface area (Å²) in [7, 11) is 2.13. The van der Waals surface area contributed by atoms with E-state index in [4.69, 9.17) is 37.6 Å². The Morgan fingerprint density at radius 1 is 1.07 bits per heavy atom. The molecule has 2 atom stereocenters. The van der Waals surface area contributed by atoms with Crippen LogP contribution in [0, 0.1) is 6.57 Å². The number of fused-ring (bicyclic) bond motifs is 2. The molecule has 0 saturated carbocycles. The second kappa shape index (κ2) is 12.9. The van der Waals surface area contributed by atoms with Gasteiger partial charge in [0.15, 0.2) is 0 Å². The first kappa shape index (κ1) is 31.2. The fourth-order valence-corrected chi connectivity index (χ4v) is 6.97. The number of hydrogen-bond acceptors (Lipinski definition) is 8. The lowest BCUT2D eigenvalue weighted by Crippen LogP contribution is -2.57. The Balaban J connectivity index is 1.32. The molecule has 0 aliphatic carbocycles. The zero-order chi connectivity index (χ0) is 31.7. The predicted molar refractivity (Wildman–Crippen MR) is 177 cm³/mol. The number of halogens is 1. The quantitative estimate of drug-likeness (QED) is 0.323. The van der Waals surface area contributed by atoms with Crippen LogP contribution in [0.2, 0.25) is 5.02 Å². The van der Waals surface area contributed by atoms with Crippen molar-refractivity contribution in [2.24, 2.45) is 0 Å². The minimum atomic E-state index is -0.609. The number of carbonyl (C=O) groups is 1. The van der Waals surface area contributed by atoms with E-state index in [2.05, 4.69) is 50.9 Å². The van der Waals surface area contributed by atoms with Crippen LogP contribution in [0.5, 0.6) is 6.01 Å². The molecule has 11 heteroatoms. The van der Waals surface area contributed by atoms with E-state index in [1.165, 1.54) is 0 Å². The van der Waals surface area contributed by atoms with Gasteiger partial charge in [0.2, 0.25) is 6.54 Å². The lowest BCUT2D eigenvalue weighted by molar-refractivity contribution is 0.0155. The normalized spacial score (nSPS) is 20.7. The highest BCUT2D eigenvalue weighted by Gasteiger charge is 2.37. The summed E-state index contributed by atoms with van der Waals surface area (Å²) in [6.45, 7) is 17.8. The maximum absolute atomic E-state index is 13.1. The first-order valence-corrected chi connectivity index (χ1v) is 16.2. The third-order valence-electron chi connectivity index (χ3n) is 8.98. The van der Waals surface area contributed by atoms with Crippen LogP contribution >= 0.6 is 11.6 Å². The summed E-state index contributed by atoms with van der Waals surface area (Å²) >= 11 is 6.72. The van der Waals surface area contributed by atoms with Gasteiger partial charge < -0.3 is 29.0 Å². The van der Waals surface area contributed by atoms with E-state index >= 15 is 0 Å². The lowest BCUT2D eigenvalue weighted by atomic mass is 10.0. The monoisotopic (exact) mass is 631 g/mol. The van der Waals surface area contributed by atoms with Gasteiger partial charge in [-0.3, -0.25) is 4.90 Å². The van der Waals surface area contributed by atoms with Gasteiger partial charge in [0.1, 0.15) is 24.1 Å². The molecule has 0 N–H and O–H groups in total. The van der Waals surface area contributed by atoms with E-state index in [0.29, 0.717) is 44.8 Å². The van der Waals surface area contributed by atoms with Crippen molar-refractivity contribution < 1.29 is 14.3 Å². The Labute approximate surface area is 270 Å². The minimum absolute atomic E-state index is 0.190. The van der Waals surface area contributed by atoms with Crippen molar-refractivity contribution in [1.82, 2.24) is 19.8 Å². The second-order valence-electron chi connectivity index (χ2n) is 13.2. The predicted octanol–water partition coefficient (Wildman–Crippen LogP) is 5.66. The summed E-state index contributed by atoms with van der Waals surface area (Å²) in [6.07, 6.45) is 2.62. The highest BCUT2D eigenvalue weighted by molar-refractivity contribution is 6.36. The highest BCUT2D eigenvalue weighted by atomic mass is 35.5. The minimum Gasteiger partial charge on any atom is -0.462 e. The number of hydrogen-bond donors (Lipinski definition) is 0. The number of aromatic nitrogens is 2. The Hall–Kier alpha value is -3.81. The van der Waals surface area contributed by atoms with Crippen LogP contribution in [-0.4, -0.2) is 96.5 Å². The van der Waals surface area contributed by atoms with Gasteiger partial charge in [-0.15, -0.1) is 0 Å². The van der Waals surface area contributed by atoms with Crippen LogP contribution in [0.1, 0.15) is 44.9 Å². The van der Waals surface area contributed by atoms with E-state index in [-0.39, 0.29) is 18.7 Å². The molecule has 10 nitrogen and oxygen atoms in total. The number of anilines is 2. The number of piperazine rings is 1. The van der Waals surface area contributed by atoms with Crippen molar-refractivity contribution in [3.8, 4) is 6.01 Å². The van der Waals surface area contributed by atoms with E-state index in [0.717, 1.165) is 70.9 Å². The van der Waals surface area contributed by atoms with Gasteiger partial charge in [0.25, 0.3) is 0 Å². The van der Waals surface area contributed by atoms with Crippen LogP contribution < -0.4 is 14.5 Å². The number of ether oxygens (including phenoxy) is 2. The Bertz CT molecular complexity index is 1600. The molecule has 238 valence electrons. The molecule has 0 unspecified atom stereocenters. The fourth-order valence-electron chi connectivity index (χ4n) is 6.69. The number of rotatable bonds is 6. The maximum atomic E-state index is 13.1. The summed E-state index contributed by atoms with van der Waals surface area (Å²) in [5, 5.41) is 2.88. The summed E-state index contributed by atoms with van der Waals surface area (Å²) in [5.74, 6) is 0.837. The summed E-state index contributed by atoms with van der Waals surface area (Å²) in [4.78, 5) is 35.3. The van der Waals surface area contributed by atoms with Crippen molar-refractivity contribution in [2.45, 2.75) is 64.3 Å². The topological polar surface area (TPSA) is 78.6 Å². The standard InChI is InChI=1S/C34H42ClN7O3/c1-34(2,3)45-33(43)42-18-17-41(20-25(42)19-36-4)31-26-14-16-40(29-13-7-10-23-9-6-12-27(35)30(23)29)21-28(26)37-32(38-31)44-22-24-11-8-15-39(24)5/h6-7,9-10,12-13,24-25H,8,11,14-22H2,1-3,5H3/t24-,25-/m0/s1. The Kier molecular flexibility index (Phi) is 8.94. The lowest BCUT2D eigenvalue weighted by Gasteiger charge is -2.41. The molecule has 2 aromatic carbocycles. The first-order valence-electron chi connectivity index (χ1n) is 15.8. The molecule has 4 heterocycles. The molecule has 3 aliphatic rings. The van der Waals surface area contributed by atoms with E-state index in [1.54, 1.807) is 4.90 Å². The molecule has 1 aromatic heterocycles. The van der Waals surface area contributed by atoms with E-state index in [9.17, 15) is 4.79 Å². The molecule has 6 rings (SSSR count). The van der Waals surface area contributed by atoms with Crippen LogP contribution in [-0.2, 0) is 17.7 Å². The number of benzene rings is 2. The van der Waals surface area contributed by atoms with Crippen LogP contribution in [0.15, 0.2) is 36.4 Å². The van der Waals surface area contributed by atoms with Crippen LogP contribution in [0.3, 0.4) is 0 Å². The van der Waals surface area contributed by atoms with Crippen molar-refractivity contribution in [3.63, 3.8) is 0 Å². The molecule has 0 spiro atoms. The zero-order valence-electron chi connectivity index (χ0n) is 26.6. The van der Waals surface area contributed by atoms with Gasteiger partial charge >= 0.3 is 12.1 Å². The smallest absolute Gasteiger partial charge is 0.410 e. The Morgan fingerprint density at radius 3 is 2.60 bits per heavy atom. The molecule has 0 bridgehead atoms. The molecule has 3 aliphatic heterocycles. The summed E-state index contributed by atoms with van der Waals surface area (Å²) < 4.78 is 12.0. The maximum Gasteiger partial charge on any atom is 0.410 e. The van der Waals surface area contributed by atoms with Gasteiger partial charge in [-0.1, -0.05) is 35.9 Å². The molecule has 2 fully saturated rings. The summed E-state index contributed by atoms with van der Waals surface area (Å²) in [6, 6.07) is 12.7. The van der Waals surface area contributed by atoms with Gasteiger partial charge in [0, 0.05) is 48.9 Å². The second-order valence-corrected chi connectivity index (χ2v) is 13.7. The van der Waals surface area contributed by atoms with Gasteiger partial charge in [-0.25, -0.2) is 11.4 Å². The Morgan fingerprint density at radius 2 is 1.87 bits per heavy atom. The average Bonchev–Trinajstić information content (AvgIpc) is 3.42. The van der Waals surface area contributed by atoms with Crippen molar-refractivity contribution in [3.05, 3.63) is 64.1 Å². The molecule has 0 radical (unpaired) electrons. The van der Waals surface area contributed by atoms with Crippen molar-refractivity contribution in [2.75, 3.05) is 62.7 Å². The van der Waals surface area contributed by atoms with Crippen LogP contribution in [0.25, 0.3) is 15.6 Å². The summed E-state index contributed by atoms with van der Waals surface area (Å²) in [5.41, 5.74) is 2.50. The number of nitrogens with zero attached hydrogens (tertiary/aromatic N) is 7. The van der Waals surface area contributed by atoms with Crippen molar-refractivity contribution >= 4 is 40.0 Å².